The number of aromatic nitrogens is 2. The molecule has 0 atom stereocenters. The molecule has 1 N–H and O–H groups in total. The molecular formula is C10H14N2O. The maximum absolute atomic E-state index is 5.04. The van der Waals surface area contributed by atoms with Crippen LogP contribution in [-0.4, -0.2) is 17.3 Å². The molecule has 0 aliphatic carbocycles. The molecule has 3 nitrogen and oxygen atoms in total. The van der Waals surface area contributed by atoms with Crippen molar-refractivity contribution in [3.05, 3.63) is 24.4 Å². The van der Waals surface area contributed by atoms with Gasteiger partial charge in [-0.25, -0.2) is 0 Å². The molecule has 0 amide bonds. The molecule has 0 saturated carbocycles. The molecule has 70 valence electrons. The van der Waals surface area contributed by atoms with Crippen LogP contribution in [0.2, 0.25) is 0 Å². The Morgan fingerprint density at radius 1 is 1.31 bits per heavy atom. The summed E-state index contributed by atoms with van der Waals surface area (Å²) in [5.74, 6) is 0.849. The maximum atomic E-state index is 5.04. The lowest BCUT2D eigenvalue weighted by molar-refractivity contribution is 0.415. The molecule has 0 aliphatic rings. The molecule has 1 heterocycles. The van der Waals surface area contributed by atoms with E-state index in [1.54, 1.807) is 13.3 Å². The molecule has 0 fully saturated rings. The minimum atomic E-state index is 0.849. The molecule has 0 radical (unpaired) electrons. The lowest BCUT2D eigenvalue weighted by atomic mass is 10.2. The van der Waals surface area contributed by atoms with E-state index in [1.807, 2.05) is 32.0 Å². The summed E-state index contributed by atoms with van der Waals surface area (Å²) in [6.45, 7) is 4.00. The number of fused-ring (bicyclic) bond motifs is 1. The van der Waals surface area contributed by atoms with E-state index in [2.05, 4.69) is 10.2 Å². The normalized spacial score (nSPS) is 9.15. The van der Waals surface area contributed by atoms with Crippen molar-refractivity contribution in [2.24, 2.45) is 0 Å². The molecule has 3 heteroatoms. The quantitative estimate of drug-likeness (QED) is 0.728. The summed E-state index contributed by atoms with van der Waals surface area (Å²) in [4.78, 5) is 0. The highest BCUT2D eigenvalue weighted by molar-refractivity contribution is 5.79. The van der Waals surface area contributed by atoms with Gasteiger partial charge in [0, 0.05) is 11.5 Å². The van der Waals surface area contributed by atoms with Crippen LogP contribution in [0.15, 0.2) is 24.4 Å². The Morgan fingerprint density at radius 2 is 2.08 bits per heavy atom. The molecule has 0 aliphatic heterocycles. The summed E-state index contributed by atoms with van der Waals surface area (Å²) in [5.41, 5.74) is 1.00. The van der Waals surface area contributed by atoms with Crippen LogP contribution in [-0.2, 0) is 0 Å². The van der Waals surface area contributed by atoms with Crippen LogP contribution in [0.4, 0.5) is 0 Å². The summed E-state index contributed by atoms with van der Waals surface area (Å²) in [5, 5.41) is 7.86. The third-order valence-electron chi connectivity index (χ3n) is 1.65. The zero-order valence-corrected chi connectivity index (χ0v) is 8.16. The van der Waals surface area contributed by atoms with E-state index in [0.29, 0.717) is 0 Å². The number of hydrogen-bond acceptors (Lipinski definition) is 2. The minimum absolute atomic E-state index is 0.849. The van der Waals surface area contributed by atoms with Gasteiger partial charge in [0.15, 0.2) is 0 Å². The molecule has 0 unspecified atom stereocenters. The van der Waals surface area contributed by atoms with Gasteiger partial charge in [0.25, 0.3) is 0 Å². The van der Waals surface area contributed by atoms with Crippen molar-refractivity contribution in [1.82, 2.24) is 10.2 Å². The van der Waals surface area contributed by atoms with Crippen molar-refractivity contribution < 1.29 is 4.74 Å². The second-order valence-electron chi connectivity index (χ2n) is 2.32. The fourth-order valence-corrected chi connectivity index (χ4v) is 1.04. The van der Waals surface area contributed by atoms with Gasteiger partial charge in [-0.05, 0) is 12.1 Å². The number of methoxy groups -OCH3 is 1. The Balaban J connectivity index is 0.000000396. The summed E-state index contributed by atoms with van der Waals surface area (Å²) >= 11 is 0. The van der Waals surface area contributed by atoms with Gasteiger partial charge in [-0.1, -0.05) is 13.8 Å². The zero-order valence-electron chi connectivity index (χ0n) is 8.16. The number of H-pyrrole nitrogens is 1. The number of rotatable bonds is 1. The Hall–Kier alpha value is -1.51. The van der Waals surface area contributed by atoms with Crippen molar-refractivity contribution in [3.8, 4) is 5.75 Å². The van der Waals surface area contributed by atoms with E-state index in [-0.39, 0.29) is 0 Å². The van der Waals surface area contributed by atoms with Gasteiger partial charge in [-0.2, -0.15) is 5.10 Å². The van der Waals surface area contributed by atoms with Crippen LogP contribution in [0.25, 0.3) is 10.9 Å². The maximum Gasteiger partial charge on any atom is 0.121 e. The van der Waals surface area contributed by atoms with Crippen molar-refractivity contribution in [2.75, 3.05) is 7.11 Å². The molecule has 2 rings (SSSR count). The Bertz CT molecular complexity index is 368. The highest BCUT2D eigenvalue weighted by atomic mass is 16.5. The number of benzene rings is 1. The predicted octanol–water partition coefficient (Wildman–Crippen LogP) is 2.60. The van der Waals surface area contributed by atoms with Gasteiger partial charge in [0.1, 0.15) is 5.75 Å². The average Bonchev–Trinajstić information content (AvgIpc) is 2.67. The van der Waals surface area contributed by atoms with E-state index in [1.165, 1.54) is 0 Å². The van der Waals surface area contributed by atoms with Crippen molar-refractivity contribution >= 4 is 10.9 Å². The molecule has 0 bridgehead atoms. The van der Waals surface area contributed by atoms with Gasteiger partial charge in [-0.3, -0.25) is 5.10 Å². The van der Waals surface area contributed by atoms with Crippen LogP contribution in [0.1, 0.15) is 13.8 Å². The number of ether oxygens (including phenoxy) is 1. The van der Waals surface area contributed by atoms with E-state index in [9.17, 15) is 0 Å². The van der Waals surface area contributed by atoms with Crippen LogP contribution < -0.4 is 4.74 Å². The molecule has 2 aromatic rings. The van der Waals surface area contributed by atoms with Crippen LogP contribution in [0.3, 0.4) is 0 Å². The summed E-state index contributed by atoms with van der Waals surface area (Å²) in [6.07, 6.45) is 1.79. The molecular weight excluding hydrogens is 164 g/mol. The largest absolute Gasteiger partial charge is 0.497 e. The van der Waals surface area contributed by atoms with Gasteiger partial charge in [-0.15, -0.1) is 0 Å². The van der Waals surface area contributed by atoms with E-state index >= 15 is 0 Å². The number of hydrogen-bond donors (Lipinski definition) is 1. The van der Waals surface area contributed by atoms with Crippen LogP contribution in [0.5, 0.6) is 5.75 Å². The highest BCUT2D eigenvalue weighted by Crippen LogP contribution is 2.17. The number of nitrogens with zero attached hydrogens (tertiary/aromatic N) is 1. The third kappa shape index (κ3) is 1.99. The number of nitrogens with one attached hydrogen (secondary N) is 1. The lowest BCUT2D eigenvalue weighted by Crippen LogP contribution is -1.80. The van der Waals surface area contributed by atoms with Crippen LogP contribution >= 0.6 is 0 Å². The third-order valence-corrected chi connectivity index (χ3v) is 1.65. The van der Waals surface area contributed by atoms with Gasteiger partial charge < -0.3 is 4.74 Å². The molecule has 1 aromatic heterocycles. The molecule has 0 saturated heterocycles. The van der Waals surface area contributed by atoms with E-state index in [4.69, 9.17) is 4.74 Å². The fraction of sp³-hybridized carbons (Fsp3) is 0.300. The second kappa shape index (κ2) is 4.50. The first-order valence-corrected chi connectivity index (χ1v) is 4.37. The van der Waals surface area contributed by atoms with Gasteiger partial charge >= 0.3 is 0 Å². The van der Waals surface area contributed by atoms with E-state index < -0.39 is 0 Å². The van der Waals surface area contributed by atoms with Gasteiger partial charge in [0.2, 0.25) is 0 Å². The topological polar surface area (TPSA) is 37.9 Å². The first kappa shape index (κ1) is 9.58. The van der Waals surface area contributed by atoms with Gasteiger partial charge in [0.05, 0.1) is 18.8 Å². The van der Waals surface area contributed by atoms with E-state index in [0.717, 1.165) is 16.7 Å². The Morgan fingerprint density at radius 3 is 2.77 bits per heavy atom. The summed E-state index contributed by atoms with van der Waals surface area (Å²) in [7, 11) is 1.65. The second-order valence-corrected chi connectivity index (χ2v) is 2.32. The standard InChI is InChI=1S/C8H8N2O.C2H6/c1-11-7-3-2-6-5-9-10-8(6)4-7;1-2/h2-5H,1H3,(H,9,10);1-2H3. The Labute approximate surface area is 77.7 Å². The van der Waals surface area contributed by atoms with Crippen molar-refractivity contribution in [2.45, 2.75) is 13.8 Å². The van der Waals surface area contributed by atoms with Crippen LogP contribution in [0, 0.1) is 0 Å². The smallest absolute Gasteiger partial charge is 0.121 e. The minimum Gasteiger partial charge on any atom is -0.497 e. The monoisotopic (exact) mass is 178 g/mol. The van der Waals surface area contributed by atoms with Crippen molar-refractivity contribution in [3.63, 3.8) is 0 Å². The Kier molecular flexibility index (Phi) is 3.31. The lowest BCUT2D eigenvalue weighted by Gasteiger charge is -1.96. The fourth-order valence-electron chi connectivity index (χ4n) is 1.04. The zero-order chi connectivity index (χ0) is 9.68. The average molecular weight is 178 g/mol. The molecule has 1 aromatic carbocycles. The predicted molar refractivity (Wildman–Crippen MR) is 54.0 cm³/mol. The number of aromatic amines is 1. The molecule has 0 spiro atoms. The first-order chi connectivity index (χ1) is 6.40. The highest BCUT2D eigenvalue weighted by Gasteiger charge is 1.95. The summed E-state index contributed by atoms with van der Waals surface area (Å²) in [6, 6.07) is 5.80. The molecule has 13 heavy (non-hydrogen) atoms. The summed E-state index contributed by atoms with van der Waals surface area (Å²) < 4.78 is 5.04. The first-order valence-electron chi connectivity index (χ1n) is 4.37. The van der Waals surface area contributed by atoms with Crippen molar-refractivity contribution in [1.29, 1.82) is 0 Å². The SMILES string of the molecule is CC.COc1ccc2cn[nH]c2c1.